The van der Waals surface area contributed by atoms with E-state index in [4.69, 9.17) is 5.73 Å². The zero-order valence-corrected chi connectivity index (χ0v) is 11.8. The molecular formula is C14H26F3NO. The number of rotatable bonds is 5. The van der Waals surface area contributed by atoms with Crippen molar-refractivity contribution in [3.05, 3.63) is 0 Å². The van der Waals surface area contributed by atoms with Gasteiger partial charge in [-0.3, -0.25) is 0 Å². The van der Waals surface area contributed by atoms with E-state index in [1.165, 1.54) is 0 Å². The fourth-order valence-corrected chi connectivity index (χ4v) is 3.30. The molecule has 5 heteroatoms. The summed E-state index contributed by atoms with van der Waals surface area (Å²) >= 11 is 0. The molecule has 1 saturated carbocycles. The largest absolute Gasteiger partial charge is 0.392 e. The molecule has 0 radical (unpaired) electrons. The standard InChI is InChI=1S/C14H26F3NO/c1-9(2)7-10(8-18)13(19)11-5-3-4-6-12(11)14(15,16)17/h9-13,19H,3-8,18H2,1-2H3. The van der Waals surface area contributed by atoms with Crippen molar-refractivity contribution in [1.29, 1.82) is 0 Å². The molecule has 0 saturated heterocycles. The Morgan fingerprint density at radius 1 is 1.21 bits per heavy atom. The van der Waals surface area contributed by atoms with Crippen LogP contribution in [0.2, 0.25) is 0 Å². The first kappa shape index (κ1) is 16.8. The molecule has 19 heavy (non-hydrogen) atoms. The number of aliphatic hydroxyl groups excluding tert-OH is 1. The Balaban J connectivity index is 2.78. The average Bonchev–Trinajstić information content (AvgIpc) is 2.34. The summed E-state index contributed by atoms with van der Waals surface area (Å²) in [5.41, 5.74) is 5.64. The van der Waals surface area contributed by atoms with E-state index in [0.717, 1.165) is 6.42 Å². The van der Waals surface area contributed by atoms with Gasteiger partial charge in [0.05, 0.1) is 12.0 Å². The smallest absolute Gasteiger partial charge is 0.392 e. The van der Waals surface area contributed by atoms with Crippen molar-refractivity contribution in [1.82, 2.24) is 0 Å². The second kappa shape index (κ2) is 6.93. The highest BCUT2D eigenvalue weighted by atomic mass is 19.4. The molecule has 4 unspecified atom stereocenters. The molecule has 4 atom stereocenters. The number of aliphatic hydroxyl groups is 1. The third kappa shape index (κ3) is 4.63. The Bertz CT molecular complexity index is 268. The van der Waals surface area contributed by atoms with Crippen LogP contribution in [0.1, 0.15) is 46.0 Å². The molecule has 1 aliphatic rings. The predicted octanol–water partition coefficient (Wildman–Crippen LogP) is 3.34. The molecule has 0 spiro atoms. The summed E-state index contributed by atoms with van der Waals surface area (Å²) in [5.74, 6) is -1.94. The van der Waals surface area contributed by atoms with Crippen molar-refractivity contribution < 1.29 is 18.3 Å². The molecular weight excluding hydrogens is 255 g/mol. The number of hydrogen-bond donors (Lipinski definition) is 2. The Labute approximate surface area is 113 Å². The van der Waals surface area contributed by atoms with Crippen molar-refractivity contribution in [2.45, 2.75) is 58.2 Å². The summed E-state index contributed by atoms with van der Waals surface area (Å²) in [6.07, 6.45) is -2.48. The maximum absolute atomic E-state index is 13.0. The summed E-state index contributed by atoms with van der Waals surface area (Å²) in [4.78, 5) is 0. The van der Waals surface area contributed by atoms with Gasteiger partial charge in [-0.15, -0.1) is 0 Å². The Hall–Kier alpha value is -0.290. The highest BCUT2D eigenvalue weighted by molar-refractivity contribution is 4.88. The quantitative estimate of drug-likeness (QED) is 0.812. The van der Waals surface area contributed by atoms with Crippen LogP contribution in [0.5, 0.6) is 0 Å². The third-order valence-corrected chi connectivity index (χ3v) is 4.24. The maximum atomic E-state index is 13.0. The lowest BCUT2D eigenvalue weighted by molar-refractivity contribution is -0.209. The zero-order chi connectivity index (χ0) is 14.6. The summed E-state index contributed by atoms with van der Waals surface area (Å²) in [6, 6.07) is 0. The van der Waals surface area contributed by atoms with Crippen LogP contribution in [0, 0.1) is 23.7 Å². The molecule has 1 rings (SSSR count). The van der Waals surface area contributed by atoms with Crippen molar-refractivity contribution in [2.75, 3.05) is 6.54 Å². The normalized spacial score (nSPS) is 28.4. The summed E-state index contributed by atoms with van der Waals surface area (Å²) < 4.78 is 39.1. The molecule has 0 aliphatic heterocycles. The average molecular weight is 281 g/mol. The van der Waals surface area contributed by atoms with Gasteiger partial charge in [0.1, 0.15) is 0 Å². The van der Waals surface area contributed by atoms with Gasteiger partial charge in [-0.1, -0.05) is 26.7 Å². The lowest BCUT2D eigenvalue weighted by Crippen LogP contribution is -2.44. The van der Waals surface area contributed by atoms with Crippen LogP contribution in [0.3, 0.4) is 0 Å². The Morgan fingerprint density at radius 3 is 2.26 bits per heavy atom. The number of nitrogens with two attached hydrogens (primary N) is 1. The van der Waals surface area contributed by atoms with Gasteiger partial charge in [-0.2, -0.15) is 13.2 Å². The SMILES string of the molecule is CC(C)CC(CN)C(O)C1CCCCC1C(F)(F)F. The summed E-state index contributed by atoms with van der Waals surface area (Å²) in [6.45, 7) is 4.25. The molecule has 1 aliphatic carbocycles. The highest BCUT2D eigenvalue weighted by Crippen LogP contribution is 2.44. The number of alkyl halides is 3. The van der Waals surface area contributed by atoms with E-state index in [0.29, 0.717) is 25.2 Å². The van der Waals surface area contributed by atoms with E-state index in [1.807, 2.05) is 13.8 Å². The fraction of sp³-hybridized carbons (Fsp3) is 1.00. The van der Waals surface area contributed by atoms with Crippen LogP contribution in [-0.2, 0) is 0 Å². The minimum absolute atomic E-state index is 0.143. The molecule has 0 amide bonds. The highest BCUT2D eigenvalue weighted by Gasteiger charge is 2.48. The minimum Gasteiger partial charge on any atom is -0.392 e. The van der Waals surface area contributed by atoms with Crippen LogP contribution < -0.4 is 5.73 Å². The van der Waals surface area contributed by atoms with Crippen LogP contribution in [0.4, 0.5) is 13.2 Å². The zero-order valence-electron chi connectivity index (χ0n) is 11.8. The van der Waals surface area contributed by atoms with Crippen molar-refractivity contribution in [2.24, 2.45) is 29.4 Å². The Kier molecular flexibility index (Phi) is 6.12. The van der Waals surface area contributed by atoms with E-state index < -0.39 is 24.1 Å². The molecule has 1 fully saturated rings. The first-order valence-electron chi connectivity index (χ1n) is 7.22. The second-order valence-corrected chi connectivity index (χ2v) is 6.21. The van der Waals surface area contributed by atoms with Crippen LogP contribution in [-0.4, -0.2) is 23.9 Å². The van der Waals surface area contributed by atoms with Gasteiger partial charge >= 0.3 is 6.18 Å². The lowest BCUT2D eigenvalue weighted by atomic mass is 9.71. The van der Waals surface area contributed by atoms with Crippen LogP contribution in [0.15, 0.2) is 0 Å². The van der Waals surface area contributed by atoms with Crippen molar-refractivity contribution in [3.63, 3.8) is 0 Å². The van der Waals surface area contributed by atoms with Gasteiger partial charge in [0.15, 0.2) is 0 Å². The van der Waals surface area contributed by atoms with Gasteiger partial charge in [0, 0.05) is 0 Å². The molecule has 0 aromatic carbocycles. The topological polar surface area (TPSA) is 46.2 Å². The van der Waals surface area contributed by atoms with Gasteiger partial charge in [-0.25, -0.2) is 0 Å². The van der Waals surface area contributed by atoms with Gasteiger partial charge in [-0.05, 0) is 43.6 Å². The summed E-state index contributed by atoms with van der Waals surface area (Å²) in [5, 5.41) is 10.3. The van der Waals surface area contributed by atoms with Gasteiger partial charge in [0.2, 0.25) is 0 Å². The minimum atomic E-state index is -4.21. The van der Waals surface area contributed by atoms with Crippen molar-refractivity contribution in [3.8, 4) is 0 Å². The van der Waals surface area contributed by atoms with Crippen molar-refractivity contribution >= 4 is 0 Å². The van der Waals surface area contributed by atoms with Gasteiger partial charge in [0.25, 0.3) is 0 Å². The van der Waals surface area contributed by atoms with E-state index in [-0.39, 0.29) is 18.9 Å². The maximum Gasteiger partial charge on any atom is 0.392 e. The third-order valence-electron chi connectivity index (χ3n) is 4.24. The lowest BCUT2D eigenvalue weighted by Gasteiger charge is -2.39. The number of hydrogen-bond acceptors (Lipinski definition) is 2. The second-order valence-electron chi connectivity index (χ2n) is 6.21. The molecule has 0 aromatic heterocycles. The molecule has 2 nitrogen and oxygen atoms in total. The van der Waals surface area contributed by atoms with E-state index in [9.17, 15) is 18.3 Å². The molecule has 0 heterocycles. The van der Waals surface area contributed by atoms with Crippen LogP contribution in [0.25, 0.3) is 0 Å². The molecule has 3 N–H and O–H groups in total. The first-order valence-corrected chi connectivity index (χ1v) is 7.22. The number of halogens is 3. The molecule has 0 aromatic rings. The van der Waals surface area contributed by atoms with Gasteiger partial charge < -0.3 is 10.8 Å². The Morgan fingerprint density at radius 2 is 1.79 bits per heavy atom. The first-order chi connectivity index (χ1) is 8.77. The van der Waals surface area contributed by atoms with E-state index in [1.54, 1.807) is 0 Å². The molecule has 0 bridgehead atoms. The fourth-order valence-electron chi connectivity index (χ4n) is 3.30. The van der Waals surface area contributed by atoms with Crippen LogP contribution >= 0.6 is 0 Å². The van der Waals surface area contributed by atoms with E-state index >= 15 is 0 Å². The summed E-state index contributed by atoms with van der Waals surface area (Å²) in [7, 11) is 0. The monoisotopic (exact) mass is 281 g/mol. The van der Waals surface area contributed by atoms with E-state index in [2.05, 4.69) is 0 Å². The predicted molar refractivity (Wildman–Crippen MR) is 69.5 cm³/mol. The molecule has 114 valence electrons.